The molecule has 0 amide bonds. The van der Waals surface area contributed by atoms with Crippen molar-refractivity contribution in [3.63, 3.8) is 0 Å². The molecule has 0 aliphatic carbocycles. The van der Waals surface area contributed by atoms with Crippen molar-refractivity contribution in [3.8, 4) is 0 Å². The standard InChI is InChI=1S/C6H7BrF3N3S/c1-13(3-2-6(8,9)10)5-12-11-4(7)14-5/h2-3H2,1H3. The lowest BCUT2D eigenvalue weighted by Gasteiger charge is -2.15. The van der Waals surface area contributed by atoms with E-state index in [2.05, 4.69) is 26.1 Å². The van der Waals surface area contributed by atoms with Crippen molar-refractivity contribution >= 4 is 32.4 Å². The van der Waals surface area contributed by atoms with Gasteiger partial charge in [-0.2, -0.15) is 13.2 Å². The van der Waals surface area contributed by atoms with E-state index < -0.39 is 12.6 Å². The van der Waals surface area contributed by atoms with Crippen LogP contribution in [0.1, 0.15) is 6.42 Å². The summed E-state index contributed by atoms with van der Waals surface area (Å²) in [5, 5.41) is 7.81. The predicted molar refractivity (Wildman–Crippen MR) is 51.6 cm³/mol. The molecule has 80 valence electrons. The molecule has 0 aliphatic rings. The molecule has 14 heavy (non-hydrogen) atoms. The van der Waals surface area contributed by atoms with Crippen LogP contribution in [0.3, 0.4) is 0 Å². The fourth-order valence-electron chi connectivity index (χ4n) is 0.743. The zero-order chi connectivity index (χ0) is 10.8. The van der Waals surface area contributed by atoms with Gasteiger partial charge in [0.2, 0.25) is 5.13 Å². The van der Waals surface area contributed by atoms with Gasteiger partial charge < -0.3 is 4.90 Å². The number of aromatic nitrogens is 2. The molecule has 0 saturated heterocycles. The summed E-state index contributed by atoms with van der Waals surface area (Å²) in [6, 6.07) is 0. The molecule has 0 fully saturated rings. The maximum absolute atomic E-state index is 11.9. The maximum atomic E-state index is 11.9. The minimum absolute atomic E-state index is 0.106. The molecule has 0 saturated carbocycles. The molecule has 0 bridgehead atoms. The zero-order valence-electron chi connectivity index (χ0n) is 7.18. The van der Waals surface area contributed by atoms with Crippen molar-refractivity contribution in [1.82, 2.24) is 10.2 Å². The Morgan fingerprint density at radius 2 is 2.07 bits per heavy atom. The van der Waals surface area contributed by atoms with Gasteiger partial charge in [0.25, 0.3) is 0 Å². The second kappa shape index (κ2) is 4.43. The first-order valence-electron chi connectivity index (χ1n) is 3.65. The summed E-state index contributed by atoms with van der Waals surface area (Å²) in [4.78, 5) is 1.43. The summed E-state index contributed by atoms with van der Waals surface area (Å²) in [5.41, 5.74) is 0. The van der Waals surface area contributed by atoms with Crippen LogP contribution in [0.25, 0.3) is 0 Å². The van der Waals surface area contributed by atoms with Crippen molar-refractivity contribution < 1.29 is 13.2 Å². The highest BCUT2D eigenvalue weighted by Crippen LogP contribution is 2.25. The molecule has 0 spiro atoms. The van der Waals surface area contributed by atoms with E-state index >= 15 is 0 Å². The van der Waals surface area contributed by atoms with Crippen LogP contribution in [0.2, 0.25) is 0 Å². The van der Waals surface area contributed by atoms with Crippen molar-refractivity contribution in [1.29, 1.82) is 0 Å². The topological polar surface area (TPSA) is 29.0 Å². The Bertz CT molecular complexity index is 301. The second-order valence-electron chi connectivity index (χ2n) is 2.62. The van der Waals surface area contributed by atoms with E-state index in [4.69, 9.17) is 0 Å². The highest BCUT2D eigenvalue weighted by atomic mass is 79.9. The Labute approximate surface area is 91.1 Å². The van der Waals surface area contributed by atoms with Gasteiger partial charge in [0.15, 0.2) is 3.92 Å². The predicted octanol–water partition coefficient (Wildman–Crippen LogP) is 2.69. The van der Waals surface area contributed by atoms with Crippen LogP contribution in [-0.2, 0) is 0 Å². The molecule has 0 radical (unpaired) electrons. The number of hydrogen-bond acceptors (Lipinski definition) is 4. The molecule has 1 rings (SSSR count). The van der Waals surface area contributed by atoms with E-state index in [1.165, 1.54) is 16.2 Å². The third-order valence-electron chi connectivity index (χ3n) is 1.45. The Morgan fingerprint density at radius 3 is 2.50 bits per heavy atom. The average Bonchev–Trinajstić information content (AvgIpc) is 2.46. The van der Waals surface area contributed by atoms with E-state index in [0.29, 0.717) is 9.05 Å². The summed E-state index contributed by atoms with van der Waals surface area (Å²) in [6.45, 7) is -0.106. The normalized spacial score (nSPS) is 11.8. The van der Waals surface area contributed by atoms with E-state index in [9.17, 15) is 13.2 Å². The lowest BCUT2D eigenvalue weighted by molar-refractivity contribution is -0.132. The molecule has 0 atom stereocenters. The van der Waals surface area contributed by atoms with Gasteiger partial charge in [-0.1, -0.05) is 11.3 Å². The fraction of sp³-hybridized carbons (Fsp3) is 0.667. The summed E-state index contributed by atoms with van der Waals surface area (Å²) in [5.74, 6) is 0. The Balaban J connectivity index is 2.47. The van der Waals surface area contributed by atoms with E-state index in [1.54, 1.807) is 7.05 Å². The van der Waals surface area contributed by atoms with Gasteiger partial charge in [-0.3, -0.25) is 0 Å². The van der Waals surface area contributed by atoms with Gasteiger partial charge in [-0.05, 0) is 15.9 Å². The lowest BCUT2D eigenvalue weighted by Crippen LogP contribution is -2.23. The number of hydrogen-bond donors (Lipinski definition) is 0. The third-order valence-corrected chi connectivity index (χ3v) is 2.92. The quantitative estimate of drug-likeness (QED) is 0.857. The monoisotopic (exact) mass is 289 g/mol. The number of rotatable bonds is 3. The van der Waals surface area contributed by atoms with Gasteiger partial charge in [-0.15, -0.1) is 10.2 Å². The minimum Gasteiger partial charge on any atom is -0.349 e. The van der Waals surface area contributed by atoms with Crippen LogP contribution >= 0.6 is 27.3 Å². The largest absolute Gasteiger partial charge is 0.390 e. The molecule has 0 aromatic carbocycles. The molecule has 0 unspecified atom stereocenters. The van der Waals surface area contributed by atoms with Gasteiger partial charge in [0, 0.05) is 13.6 Å². The molecule has 1 aromatic heterocycles. The summed E-state index contributed by atoms with van der Waals surface area (Å²) >= 11 is 4.29. The smallest absolute Gasteiger partial charge is 0.349 e. The van der Waals surface area contributed by atoms with Gasteiger partial charge in [0.1, 0.15) is 0 Å². The first kappa shape index (κ1) is 11.7. The number of alkyl halides is 3. The highest BCUT2D eigenvalue weighted by Gasteiger charge is 2.27. The van der Waals surface area contributed by atoms with Gasteiger partial charge in [-0.25, -0.2) is 0 Å². The van der Waals surface area contributed by atoms with Gasteiger partial charge in [0.05, 0.1) is 6.42 Å². The summed E-state index contributed by atoms with van der Waals surface area (Å²) in [6.07, 6.45) is -4.98. The van der Waals surface area contributed by atoms with Crippen LogP contribution in [0.15, 0.2) is 3.92 Å². The molecule has 1 aromatic rings. The Morgan fingerprint density at radius 1 is 1.43 bits per heavy atom. The van der Waals surface area contributed by atoms with E-state index in [1.807, 2.05) is 0 Å². The maximum Gasteiger partial charge on any atom is 0.390 e. The number of anilines is 1. The lowest BCUT2D eigenvalue weighted by atomic mass is 10.4. The molecular formula is C6H7BrF3N3S. The third kappa shape index (κ3) is 3.79. The number of halogens is 4. The van der Waals surface area contributed by atoms with Crippen molar-refractivity contribution in [2.45, 2.75) is 12.6 Å². The fourth-order valence-corrected chi connectivity index (χ4v) is 1.82. The van der Waals surface area contributed by atoms with Crippen molar-refractivity contribution in [2.24, 2.45) is 0 Å². The minimum atomic E-state index is -4.13. The first-order chi connectivity index (χ1) is 6.38. The Kier molecular flexibility index (Phi) is 3.71. The average molecular weight is 290 g/mol. The second-order valence-corrected chi connectivity index (χ2v) is 4.86. The summed E-state index contributed by atoms with van der Waals surface area (Å²) in [7, 11) is 1.55. The molecule has 1 heterocycles. The first-order valence-corrected chi connectivity index (χ1v) is 5.26. The van der Waals surface area contributed by atoms with Crippen molar-refractivity contribution in [3.05, 3.63) is 3.92 Å². The van der Waals surface area contributed by atoms with E-state index in [0.717, 1.165) is 0 Å². The molecule has 0 aliphatic heterocycles. The molecule has 8 heteroatoms. The van der Waals surface area contributed by atoms with Crippen LogP contribution in [0.5, 0.6) is 0 Å². The van der Waals surface area contributed by atoms with Crippen molar-refractivity contribution in [2.75, 3.05) is 18.5 Å². The van der Waals surface area contributed by atoms with Crippen LogP contribution in [0, 0.1) is 0 Å². The molecular weight excluding hydrogens is 283 g/mol. The Hall–Kier alpha value is -0.370. The highest BCUT2D eigenvalue weighted by molar-refractivity contribution is 9.11. The van der Waals surface area contributed by atoms with Crippen LogP contribution in [-0.4, -0.2) is 30.0 Å². The van der Waals surface area contributed by atoms with Crippen LogP contribution in [0.4, 0.5) is 18.3 Å². The molecule has 3 nitrogen and oxygen atoms in total. The van der Waals surface area contributed by atoms with Gasteiger partial charge >= 0.3 is 6.18 Å². The SMILES string of the molecule is CN(CCC(F)(F)F)c1nnc(Br)s1. The number of nitrogens with zero attached hydrogens (tertiary/aromatic N) is 3. The zero-order valence-corrected chi connectivity index (χ0v) is 9.58. The summed E-state index contributed by atoms with van der Waals surface area (Å²) < 4.78 is 36.2. The van der Waals surface area contributed by atoms with Crippen LogP contribution < -0.4 is 4.90 Å². The van der Waals surface area contributed by atoms with E-state index in [-0.39, 0.29) is 6.54 Å². The molecule has 0 N–H and O–H groups in total.